The summed E-state index contributed by atoms with van der Waals surface area (Å²) in [6, 6.07) is 2.43. The van der Waals surface area contributed by atoms with E-state index < -0.39 is 0 Å². The molecular formula is C10H15N3O. The highest BCUT2D eigenvalue weighted by Gasteiger charge is 2.24. The standard InChI is InChI=1S/C10H15N3O/c1-2-3-10(14)11-9-6-7-13(12-9)8-4-5-8/h6-8H,2-5H2,1H3,(H,11,12,14). The van der Waals surface area contributed by atoms with Gasteiger partial charge in [-0.15, -0.1) is 0 Å². The summed E-state index contributed by atoms with van der Waals surface area (Å²) in [4.78, 5) is 11.2. The van der Waals surface area contributed by atoms with E-state index in [1.165, 1.54) is 12.8 Å². The maximum Gasteiger partial charge on any atom is 0.225 e. The lowest BCUT2D eigenvalue weighted by Crippen LogP contribution is -2.11. The van der Waals surface area contributed by atoms with E-state index in [4.69, 9.17) is 0 Å². The number of nitrogens with zero attached hydrogens (tertiary/aromatic N) is 2. The van der Waals surface area contributed by atoms with Gasteiger partial charge in [-0.25, -0.2) is 0 Å². The van der Waals surface area contributed by atoms with Crippen molar-refractivity contribution in [3.05, 3.63) is 12.3 Å². The van der Waals surface area contributed by atoms with Crippen molar-refractivity contribution in [1.82, 2.24) is 9.78 Å². The molecule has 76 valence electrons. The smallest absolute Gasteiger partial charge is 0.225 e. The third kappa shape index (κ3) is 2.13. The molecule has 1 aliphatic rings. The van der Waals surface area contributed by atoms with Crippen LogP contribution in [0.3, 0.4) is 0 Å². The molecule has 2 rings (SSSR count). The molecule has 1 fully saturated rings. The summed E-state index contributed by atoms with van der Waals surface area (Å²) in [7, 11) is 0. The SMILES string of the molecule is CCCC(=O)Nc1ccn(C2CC2)n1. The van der Waals surface area contributed by atoms with Crippen LogP contribution < -0.4 is 5.32 Å². The molecule has 0 aromatic carbocycles. The van der Waals surface area contributed by atoms with Crippen molar-refractivity contribution in [2.45, 2.75) is 38.6 Å². The summed E-state index contributed by atoms with van der Waals surface area (Å²) in [5.74, 6) is 0.726. The Labute approximate surface area is 83.3 Å². The fourth-order valence-corrected chi connectivity index (χ4v) is 1.38. The van der Waals surface area contributed by atoms with Crippen molar-refractivity contribution in [3.63, 3.8) is 0 Å². The van der Waals surface area contributed by atoms with E-state index >= 15 is 0 Å². The van der Waals surface area contributed by atoms with Gasteiger partial charge in [-0.05, 0) is 19.3 Å². The Kier molecular flexibility index (Phi) is 2.52. The highest BCUT2D eigenvalue weighted by atomic mass is 16.1. The van der Waals surface area contributed by atoms with Gasteiger partial charge in [0, 0.05) is 18.7 Å². The van der Waals surface area contributed by atoms with Gasteiger partial charge in [0.1, 0.15) is 0 Å². The summed E-state index contributed by atoms with van der Waals surface area (Å²) in [5, 5.41) is 7.05. The maximum absolute atomic E-state index is 11.2. The lowest BCUT2D eigenvalue weighted by molar-refractivity contribution is -0.116. The molecule has 14 heavy (non-hydrogen) atoms. The molecule has 0 spiro atoms. The summed E-state index contributed by atoms with van der Waals surface area (Å²) in [6.07, 6.45) is 5.79. The minimum absolute atomic E-state index is 0.0496. The average Bonchev–Trinajstić information content (AvgIpc) is 2.89. The van der Waals surface area contributed by atoms with Crippen molar-refractivity contribution < 1.29 is 4.79 Å². The van der Waals surface area contributed by atoms with Gasteiger partial charge in [0.05, 0.1) is 6.04 Å². The van der Waals surface area contributed by atoms with E-state index in [0.29, 0.717) is 18.3 Å². The molecule has 1 aromatic heterocycles. The zero-order valence-electron chi connectivity index (χ0n) is 8.36. The first-order valence-electron chi connectivity index (χ1n) is 5.14. The molecule has 1 amide bonds. The zero-order valence-corrected chi connectivity index (χ0v) is 8.36. The Hall–Kier alpha value is -1.32. The van der Waals surface area contributed by atoms with Gasteiger partial charge in [-0.2, -0.15) is 5.10 Å². The molecule has 4 heteroatoms. The monoisotopic (exact) mass is 193 g/mol. The van der Waals surface area contributed by atoms with Crippen molar-refractivity contribution in [3.8, 4) is 0 Å². The van der Waals surface area contributed by atoms with E-state index in [9.17, 15) is 4.79 Å². The first kappa shape index (κ1) is 9.24. The van der Waals surface area contributed by atoms with Crippen LogP contribution in [0.15, 0.2) is 12.3 Å². The summed E-state index contributed by atoms with van der Waals surface area (Å²) >= 11 is 0. The molecule has 0 bridgehead atoms. The van der Waals surface area contributed by atoms with Crippen molar-refractivity contribution in [2.24, 2.45) is 0 Å². The number of anilines is 1. The van der Waals surface area contributed by atoms with Gasteiger partial charge < -0.3 is 5.32 Å². The molecule has 1 saturated carbocycles. The Balaban J connectivity index is 1.92. The Morgan fingerprint density at radius 3 is 3.14 bits per heavy atom. The maximum atomic E-state index is 11.2. The van der Waals surface area contributed by atoms with Gasteiger partial charge in [0.25, 0.3) is 0 Å². The van der Waals surface area contributed by atoms with Crippen molar-refractivity contribution in [2.75, 3.05) is 5.32 Å². The first-order valence-corrected chi connectivity index (χ1v) is 5.14. The van der Waals surface area contributed by atoms with Crippen LogP contribution in [0.4, 0.5) is 5.82 Å². The van der Waals surface area contributed by atoms with Gasteiger partial charge >= 0.3 is 0 Å². The van der Waals surface area contributed by atoms with E-state index in [0.717, 1.165) is 6.42 Å². The molecule has 0 radical (unpaired) electrons. The number of hydrogen-bond donors (Lipinski definition) is 1. The van der Waals surface area contributed by atoms with Crippen LogP contribution >= 0.6 is 0 Å². The Morgan fingerprint density at radius 1 is 1.71 bits per heavy atom. The zero-order chi connectivity index (χ0) is 9.97. The third-order valence-corrected chi connectivity index (χ3v) is 2.27. The first-order chi connectivity index (χ1) is 6.79. The summed E-state index contributed by atoms with van der Waals surface area (Å²) in [5.41, 5.74) is 0. The quantitative estimate of drug-likeness (QED) is 0.794. The van der Waals surface area contributed by atoms with Crippen LogP contribution in [-0.4, -0.2) is 15.7 Å². The normalized spacial score (nSPS) is 15.5. The predicted octanol–water partition coefficient (Wildman–Crippen LogP) is 1.96. The lowest BCUT2D eigenvalue weighted by atomic mass is 10.3. The minimum atomic E-state index is 0.0496. The van der Waals surface area contributed by atoms with Gasteiger partial charge in [-0.3, -0.25) is 9.48 Å². The predicted molar refractivity (Wildman–Crippen MR) is 54.0 cm³/mol. The lowest BCUT2D eigenvalue weighted by Gasteiger charge is -1.99. The van der Waals surface area contributed by atoms with Crippen LogP contribution in [0.2, 0.25) is 0 Å². The Morgan fingerprint density at radius 2 is 2.50 bits per heavy atom. The van der Waals surface area contributed by atoms with Crippen LogP contribution in [0.25, 0.3) is 0 Å². The highest BCUT2D eigenvalue weighted by Crippen LogP contribution is 2.34. The minimum Gasteiger partial charge on any atom is -0.309 e. The molecule has 0 atom stereocenters. The van der Waals surface area contributed by atoms with E-state index in [2.05, 4.69) is 10.4 Å². The van der Waals surface area contributed by atoms with Gasteiger partial charge in [0.2, 0.25) is 5.91 Å². The number of nitrogens with one attached hydrogen (secondary N) is 1. The molecule has 0 aliphatic heterocycles. The van der Waals surface area contributed by atoms with E-state index in [-0.39, 0.29) is 5.91 Å². The second-order valence-electron chi connectivity index (χ2n) is 3.71. The molecule has 1 aliphatic carbocycles. The van der Waals surface area contributed by atoms with Gasteiger partial charge in [0.15, 0.2) is 5.82 Å². The second-order valence-corrected chi connectivity index (χ2v) is 3.71. The molecule has 0 unspecified atom stereocenters. The largest absolute Gasteiger partial charge is 0.309 e. The molecule has 1 aromatic rings. The molecule has 1 heterocycles. The number of hydrogen-bond acceptors (Lipinski definition) is 2. The molecule has 4 nitrogen and oxygen atoms in total. The molecular weight excluding hydrogens is 178 g/mol. The van der Waals surface area contributed by atoms with Crippen molar-refractivity contribution in [1.29, 1.82) is 0 Å². The summed E-state index contributed by atoms with van der Waals surface area (Å²) < 4.78 is 1.93. The number of rotatable bonds is 4. The number of aromatic nitrogens is 2. The fraction of sp³-hybridized carbons (Fsp3) is 0.600. The molecule has 0 saturated heterocycles. The summed E-state index contributed by atoms with van der Waals surface area (Å²) in [6.45, 7) is 1.99. The molecule has 1 N–H and O–H groups in total. The van der Waals surface area contributed by atoms with Crippen LogP contribution in [0, 0.1) is 0 Å². The number of amides is 1. The van der Waals surface area contributed by atoms with Gasteiger partial charge in [-0.1, -0.05) is 6.92 Å². The third-order valence-electron chi connectivity index (χ3n) is 2.27. The van der Waals surface area contributed by atoms with E-state index in [1.54, 1.807) is 0 Å². The van der Waals surface area contributed by atoms with E-state index in [1.807, 2.05) is 23.9 Å². The highest BCUT2D eigenvalue weighted by molar-refractivity contribution is 5.89. The Bertz CT molecular complexity index is 328. The topological polar surface area (TPSA) is 46.9 Å². The van der Waals surface area contributed by atoms with Crippen molar-refractivity contribution >= 4 is 11.7 Å². The number of carbonyl (C=O) groups excluding carboxylic acids is 1. The van der Waals surface area contributed by atoms with Crippen LogP contribution in [-0.2, 0) is 4.79 Å². The van der Waals surface area contributed by atoms with Crippen LogP contribution in [0.5, 0.6) is 0 Å². The van der Waals surface area contributed by atoms with Crippen LogP contribution in [0.1, 0.15) is 38.6 Å². The number of carbonyl (C=O) groups is 1. The second kappa shape index (κ2) is 3.82. The fourth-order valence-electron chi connectivity index (χ4n) is 1.38. The average molecular weight is 193 g/mol.